The molecule has 1 aromatic heterocycles. The van der Waals surface area contributed by atoms with Crippen LogP contribution in [0.25, 0.3) is 5.69 Å². The van der Waals surface area contributed by atoms with Crippen LogP contribution in [-0.2, 0) is 5.88 Å². The Labute approximate surface area is 111 Å². The van der Waals surface area contributed by atoms with Gasteiger partial charge in [-0.15, -0.1) is 11.8 Å². The SMILES string of the molecule is CSCn1nnn(-c2ccc(Cl)cc2Cl)c1=O. The smallest absolute Gasteiger partial charge is 0.244 e. The van der Waals surface area contributed by atoms with Gasteiger partial charge in [-0.3, -0.25) is 0 Å². The molecule has 0 amide bonds. The van der Waals surface area contributed by atoms with E-state index in [2.05, 4.69) is 10.4 Å². The Kier molecular flexibility index (Phi) is 3.76. The summed E-state index contributed by atoms with van der Waals surface area (Å²) in [5.41, 5.74) is 0.136. The van der Waals surface area contributed by atoms with Gasteiger partial charge in [0, 0.05) is 5.02 Å². The maximum absolute atomic E-state index is 11.9. The van der Waals surface area contributed by atoms with Gasteiger partial charge >= 0.3 is 5.69 Å². The topological polar surface area (TPSA) is 52.7 Å². The predicted octanol–water partition coefficient (Wildman–Crippen LogP) is 2.06. The van der Waals surface area contributed by atoms with Gasteiger partial charge in [0.1, 0.15) is 0 Å². The first-order chi connectivity index (χ1) is 8.13. The minimum Gasteiger partial charge on any atom is -0.244 e. The number of halogens is 2. The summed E-state index contributed by atoms with van der Waals surface area (Å²) in [7, 11) is 0. The van der Waals surface area contributed by atoms with Crippen molar-refractivity contribution >= 4 is 35.0 Å². The van der Waals surface area contributed by atoms with E-state index >= 15 is 0 Å². The van der Waals surface area contributed by atoms with E-state index in [9.17, 15) is 4.79 Å². The molecule has 2 rings (SSSR count). The van der Waals surface area contributed by atoms with Crippen molar-refractivity contribution in [1.82, 2.24) is 19.8 Å². The van der Waals surface area contributed by atoms with E-state index in [1.54, 1.807) is 18.2 Å². The molecular formula is C9H8Cl2N4OS. The maximum Gasteiger partial charge on any atom is 0.369 e. The lowest BCUT2D eigenvalue weighted by molar-refractivity contribution is 0.681. The summed E-state index contributed by atoms with van der Waals surface area (Å²) in [5, 5.41) is 8.38. The predicted molar refractivity (Wildman–Crippen MR) is 69.2 cm³/mol. The van der Waals surface area contributed by atoms with E-state index in [0.29, 0.717) is 21.6 Å². The van der Waals surface area contributed by atoms with Gasteiger partial charge in [-0.05, 0) is 34.9 Å². The first-order valence-electron chi connectivity index (χ1n) is 4.60. The summed E-state index contributed by atoms with van der Waals surface area (Å²) < 4.78 is 2.41. The highest BCUT2D eigenvalue weighted by molar-refractivity contribution is 7.97. The molecule has 0 bridgehead atoms. The van der Waals surface area contributed by atoms with E-state index in [1.165, 1.54) is 16.4 Å². The Balaban J connectivity index is 2.50. The van der Waals surface area contributed by atoms with Gasteiger partial charge in [-0.2, -0.15) is 9.36 Å². The van der Waals surface area contributed by atoms with Crippen LogP contribution in [-0.4, -0.2) is 26.0 Å². The second-order valence-electron chi connectivity index (χ2n) is 3.19. The summed E-state index contributed by atoms with van der Waals surface area (Å²) in [6.45, 7) is 0. The number of hydrogen-bond donors (Lipinski definition) is 0. The van der Waals surface area contributed by atoms with Gasteiger partial charge < -0.3 is 0 Å². The second-order valence-corrected chi connectivity index (χ2v) is 4.87. The highest BCUT2D eigenvalue weighted by Gasteiger charge is 2.11. The number of thioether (sulfide) groups is 1. The monoisotopic (exact) mass is 290 g/mol. The zero-order valence-corrected chi connectivity index (χ0v) is 11.1. The van der Waals surface area contributed by atoms with Crippen molar-refractivity contribution < 1.29 is 0 Å². The summed E-state index contributed by atoms with van der Waals surface area (Å²) in [6, 6.07) is 4.82. The van der Waals surface area contributed by atoms with Gasteiger partial charge in [-0.1, -0.05) is 23.2 Å². The van der Waals surface area contributed by atoms with Crippen LogP contribution >= 0.6 is 35.0 Å². The van der Waals surface area contributed by atoms with Crippen LogP contribution in [0.3, 0.4) is 0 Å². The molecule has 0 saturated carbocycles. The molecule has 8 heteroatoms. The van der Waals surface area contributed by atoms with Crippen molar-refractivity contribution in [3.63, 3.8) is 0 Å². The lowest BCUT2D eigenvalue weighted by atomic mass is 10.3. The lowest BCUT2D eigenvalue weighted by Crippen LogP contribution is -2.23. The van der Waals surface area contributed by atoms with Gasteiger partial charge in [0.05, 0.1) is 16.6 Å². The fraction of sp³-hybridized carbons (Fsp3) is 0.222. The molecule has 0 fully saturated rings. The fourth-order valence-corrected chi connectivity index (χ4v) is 2.18. The zero-order valence-electron chi connectivity index (χ0n) is 8.80. The van der Waals surface area contributed by atoms with Crippen LogP contribution in [0.4, 0.5) is 0 Å². The van der Waals surface area contributed by atoms with Gasteiger partial charge in [-0.25, -0.2) is 4.79 Å². The molecule has 0 aliphatic rings. The first-order valence-corrected chi connectivity index (χ1v) is 6.75. The van der Waals surface area contributed by atoms with E-state index in [0.717, 1.165) is 4.68 Å². The molecule has 1 heterocycles. The molecule has 17 heavy (non-hydrogen) atoms. The third kappa shape index (κ3) is 2.48. The Morgan fingerprint density at radius 2 is 2.12 bits per heavy atom. The minimum atomic E-state index is -0.330. The highest BCUT2D eigenvalue weighted by atomic mass is 35.5. The third-order valence-electron chi connectivity index (χ3n) is 2.03. The Bertz CT molecular complexity index is 595. The summed E-state index contributed by atoms with van der Waals surface area (Å²) >= 11 is 13.3. The fourth-order valence-electron chi connectivity index (χ4n) is 1.28. The molecule has 90 valence electrons. The van der Waals surface area contributed by atoms with E-state index in [4.69, 9.17) is 23.2 Å². The number of nitrogens with zero attached hydrogens (tertiary/aromatic N) is 4. The minimum absolute atomic E-state index is 0.330. The Morgan fingerprint density at radius 1 is 1.35 bits per heavy atom. The molecule has 0 radical (unpaired) electrons. The highest BCUT2D eigenvalue weighted by Crippen LogP contribution is 2.22. The van der Waals surface area contributed by atoms with Gasteiger partial charge in [0.25, 0.3) is 0 Å². The van der Waals surface area contributed by atoms with E-state index in [1.807, 2.05) is 6.26 Å². The molecular weight excluding hydrogens is 283 g/mol. The molecule has 5 nitrogen and oxygen atoms in total. The summed E-state index contributed by atoms with van der Waals surface area (Å²) in [4.78, 5) is 11.9. The maximum atomic E-state index is 11.9. The second kappa shape index (κ2) is 5.12. The van der Waals surface area contributed by atoms with E-state index in [-0.39, 0.29) is 5.69 Å². The quantitative estimate of drug-likeness (QED) is 0.868. The van der Waals surface area contributed by atoms with Crippen LogP contribution < -0.4 is 5.69 Å². The van der Waals surface area contributed by atoms with Crippen molar-refractivity contribution in [3.05, 3.63) is 38.7 Å². The number of rotatable bonds is 3. The Hall–Kier alpha value is -0.980. The molecule has 0 N–H and O–H groups in total. The molecule has 0 aliphatic carbocycles. The molecule has 0 aliphatic heterocycles. The number of hydrogen-bond acceptors (Lipinski definition) is 4. The summed E-state index contributed by atoms with van der Waals surface area (Å²) in [6.07, 6.45) is 1.88. The van der Waals surface area contributed by atoms with Crippen LogP contribution in [0.2, 0.25) is 10.0 Å². The van der Waals surface area contributed by atoms with Crippen molar-refractivity contribution in [3.8, 4) is 5.69 Å². The average Bonchev–Trinajstić information content (AvgIpc) is 2.62. The first kappa shape index (κ1) is 12.5. The normalized spacial score (nSPS) is 10.8. The molecule has 2 aromatic rings. The zero-order chi connectivity index (χ0) is 12.4. The Morgan fingerprint density at radius 3 is 2.76 bits per heavy atom. The van der Waals surface area contributed by atoms with Crippen LogP contribution in [0, 0.1) is 0 Å². The van der Waals surface area contributed by atoms with Crippen LogP contribution in [0.15, 0.2) is 23.0 Å². The molecule has 0 unspecified atom stereocenters. The van der Waals surface area contributed by atoms with Crippen molar-refractivity contribution in [1.29, 1.82) is 0 Å². The third-order valence-corrected chi connectivity index (χ3v) is 3.07. The standard InChI is InChI=1S/C9H8Cl2N4OS/c1-17-5-14-9(16)15(13-12-14)8-3-2-6(10)4-7(8)11/h2-4H,5H2,1H3. The van der Waals surface area contributed by atoms with E-state index < -0.39 is 0 Å². The number of aromatic nitrogens is 4. The van der Waals surface area contributed by atoms with Crippen molar-refractivity contribution in [2.24, 2.45) is 0 Å². The lowest BCUT2D eigenvalue weighted by Gasteiger charge is -2.01. The molecule has 0 saturated heterocycles. The average molecular weight is 291 g/mol. The number of tetrazole rings is 1. The summed E-state index contributed by atoms with van der Waals surface area (Å²) in [5.74, 6) is 0.448. The van der Waals surface area contributed by atoms with Crippen LogP contribution in [0.1, 0.15) is 0 Å². The van der Waals surface area contributed by atoms with Crippen molar-refractivity contribution in [2.45, 2.75) is 5.88 Å². The van der Waals surface area contributed by atoms with Crippen LogP contribution in [0.5, 0.6) is 0 Å². The van der Waals surface area contributed by atoms with Gasteiger partial charge in [0.2, 0.25) is 0 Å². The van der Waals surface area contributed by atoms with Crippen molar-refractivity contribution in [2.75, 3.05) is 6.26 Å². The molecule has 1 aromatic carbocycles. The number of benzene rings is 1. The molecule has 0 atom stereocenters. The largest absolute Gasteiger partial charge is 0.369 e. The molecule has 0 spiro atoms. The van der Waals surface area contributed by atoms with Gasteiger partial charge in [0.15, 0.2) is 0 Å².